The highest BCUT2D eigenvalue weighted by Gasteiger charge is 2.44. The first-order valence-electron chi connectivity index (χ1n) is 8.81. The number of benzene rings is 2. The molecule has 2 aromatic rings. The molecule has 9 heteroatoms. The molecule has 0 aromatic heterocycles. The molecule has 0 unspecified atom stereocenters. The average Bonchev–Trinajstić information content (AvgIpc) is 2.75. The molecule has 2 aromatic carbocycles. The summed E-state index contributed by atoms with van der Waals surface area (Å²) in [4.78, 5) is 11.6. The van der Waals surface area contributed by atoms with Crippen LogP contribution in [0.25, 0.3) is 11.1 Å². The number of hydrogen-bond acceptors (Lipinski definition) is 8. The molecule has 0 aliphatic carbocycles. The Morgan fingerprint density at radius 1 is 1.03 bits per heavy atom. The average molecular weight is 425 g/mol. The maximum Gasteiger partial charge on any atom is 0.337 e. The number of halogens is 1. The van der Waals surface area contributed by atoms with Crippen LogP contribution >= 0.6 is 11.6 Å². The van der Waals surface area contributed by atoms with Crippen LogP contribution in [-0.2, 0) is 9.47 Å². The van der Waals surface area contributed by atoms with Gasteiger partial charge < -0.3 is 34.6 Å². The summed E-state index contributed by atoms with van der Waals surface area (Å²) in [5.74, 6) is -0.273. The molecule has 0 radical (unpaired) electrons. The maximum absolute atomic E-state index is 11.6. The molecule has 1 fully saturated rings. The van der Waals surface area contributed by atoms with Crippen LogP contribution in [0.5, 0.6) is 5.75 Å². The largest absolute Gasteiger partial charge is 0.465 e. The Bertz CT molecular complexity index is 854. The zero-order valence-corrected chi connectivity index (χ0v) is 16.2. The van der Waals surface area contributed by atoms with Gasteiger partial charge >= 0.3 is 5.97 Å². The number of ether oxygens (including phenoxy) is 3. The van der Waals surface area contributed by atoms with Gasteiger partial charge in [0.1, 0.15) is 30.2 Å². The Kier molecular flexibility index (Phi) is 6.74. The lowest BCUT2D eigenvalue weighted by Crippen LogP contribution is -2.60. The van der Waals surface area contributed by atoms with Crippen molar-refractivity contribution in [2.75, 3.05) is 13.7 Å². The van der Waals surface area contributed by atoms with Crippen molar-refractivity contribution in [2.24, 2.45) is 0 Å². The van der Waals surface area contributed by atoms with Crippen molar-refractivity contribution in [1.82, 2.24) is 0 Å². The van der Waals surface area contributed by atoms with Crippen LogP contribution < -0.4 is 4.74 Å². The summed E-state index contributed by atoms with van der Waals surface area (Å²) in [5.41, 5.74) is 1.89. The molecule has 0 spiro atoms. The van der Waals surface area contributed by atoms with Crippen LogP contribution in [0.1, 0.15) is 10.4 Å². The van der Waals surface area contributed by atoms with E-state index < -0.39 is 43.3 Å². The topological polar surface area (TPSA) is 126 Å². The van der Waals surface area contributed by atoms with Gasteiger partial charge in [-0.05, 0) is 35.4 Å². The minimum Gasteiger partial charge on any atom is -0.465 e. The van der Waals surface area contributed by atoms with Crippen LogP contribution in [0.2, 0.25) is 5.02 Å². The summed E-state index contributed by atoms with van der Waals surface area (Å²) >= 11 is 6.19. The summed E-state index contributed by atoms with van der Waals surface area (Å²) in [6, 6.07) is 11.6. The fourth-order valence-electron chi connectivity index (χ4n) is 2.98. The summed E-state index contributed by atoms with van der Waals surface area (Å²) in [7, 11) is 1.30. The third-order valence-electron chi connectivity index (χ3n) is 4.66. The minimum absolute atomic E-state index is 0.172. The third kappa shape index (κ3) is 4.53. The lowest BCUT2D eigenvalue weighted by atomic mass is 9.99. The number of aliphatic hydroxyl groups excluding tert-OH is 4. The van der Waals surface area contributed by atoms with E-state index >= 15 is 0 Å². The molecular formula is C20H21ClO8. The van der Waals surface area contributed by atoms with E-state index in [-0.39, 0.29) is 10.8 Å². The zero-order chi connectivity index (χ0) is 21.1. The summed E-state index contributed by atoms with van der Waals surface area (Å²) < 4.78 is 15.7. The highest BCUT2D eigenvalue weighted by Crippen LogP contribution is 2.33. The van der Waals surface area contributed by atoms with Crippen LogP contribution in [0, 0.1) is 0 Å². The van der Waals surface area contributed by atoms with Crippen LogP contribution in [0.15, 0.2) is 42.5 Å². The van der Waals surface area contributed by atoms with E-state index in [1.165, 1.54) is 7.11 Å². The number of hydrogen-bond donors (Lipinski definition) is 4. The second kappa shape index (κ2) is 9.08. The molecule has 3 rings (SSSR count). The van der Waals surface area contributed by atoms with Crippen molar-refractivity contribution in [1.29, 1.82) is 0 Å². The predicted molar refractivity (Wildman–Crippen MR) is 103 cm³/mol. The maximum atomic E-state index is 11.6. The standard InChI is InChI=1S/C20H21ClO8/c1-27-19(26)11-4-2-10(3-5-11)12-6-7-13(21)14(8-12)28-20-18(25)17(24)16(23)15(9-22)29-20/h2-8,15-18,20,22-25H,9H2,1H3/t15-,16-,17+,18+,20-/m1/s1. The molecule has 1 heterocycles. The molecule has 0 amide bonds. The van der Waals surface area contributed by atoms with Crippen molar-refractivity contribution in [3.8, 4) is 16.9 Å². The van der Waals surface area contributed by atoms with Gasteiger partial charge in [-0.2, -0.15) is 0 Å². The number of rotatable bonds is 5. The van der Waals surface area contributed by atoms with Crippen LogP contribution in [0.4, 0.5) is 0 Å². The van der Waals surface area contributed by atoms with E-state index in [2.05, 4.69) is 4.74 Å². The molecule has 0 bridgehead atoms. The van der Waals surface area contributed by atoms with Gasteiger partial charge in [0.15, 0.2) is 0 Å². The molecule has 29 heavy (non-hydrogen) atoms. The number of aliphatic hydroxyl groups is 4. The second-order valence-electron chi connectivity index (χ2n) is 6.53. The van der Waals surface area contributed by atoms with Gasteiger partial charge in [0.25, 0.3) is 0 Å². The predicted octanol–water partition coefficient (Wildman–Crippen LogP) is 0.972. The Labute approximate surface area is 171 Å². The van der Waals surface area contributed by atoms with Crippen molar-refractivity contribution in [2.45, 2.75) is 30.7 Å². The van der Waals surface area contributed by atoms with Crippen molar-refractivity contribution >= 4 is 17.6 Å². The summed E-state index contributed by atoms with van der Waals surface area (Å²) in [5, 5.41) is 39.4. The van der Waals surface area contributed by atoms with Crippen LogP contribution in [-0.4, -0.2) is 70.8 Å². The first-order valence-corrected chi connectivity index (χ1v) is 9.19. The number of esters is 1. The first-order chi connectivity index (χ1) is 13.8. The molecule has 1 aliphatic heterocycles. The van der Waals surface area contributed by atoms with Gasteiger partial charge in [-0.15, -0.1) is 0 Å². The Balaban J connectivity index is 1.83. The molecule has 1 saturated heterocycles. The van der Waals surface area contributed by atoms with Gasteiger partial charge in [0.2, 0.25) is 6.29 Å². The first kappa shape index (κ1) is 21.5. The fraction of sp³-hybridized carbons (Fsp3) is 0.350. The quantitative estimate of drug-likeness (QED) is 0.523. The number of carbonyl (C=O) groups excluding carboxylic acids is 1. The van der Waals surface area contributed by atoms with E-state index in [9.17, 15) is 25.2 Å². The molecule has 156 valence electrons. The van der Waals surface area contributed by atoms with E-state index in [1.807, 2.05) is 0 Å². The van der Waals surface area contributed by atoms with Gasteiger partial charge in [-0.1, -0.05) is 29.8 Å². The second-order valence-corrected chi connectivity index (χ2v) is 6.94. The lowest BCUT2D eigenvalue weighted by molar-refractivity contribution is -0.277. The fourth-order valence-corrected chi connectivity index (χ4v) is 3.14. The molecule has 0 saturated carbocycles. The van der Waals surface area contributed by atoms with Gasteiger partial charge in [0, 0.05) is 0 Å². The van der Waals surface area contributed by atoms with E-state index in [0.717, 1.165) is 5.56 Å². The highest BCUT2D eigenvalue weighted by atomic mass is 35.5. The summed E-state index contributed by atoms with van der Waals surface area (Å²) in [6.07, 6.45) is -7.03. The van der Waals surface area contributed by atoms with E-state index in [1.54, 1.807) is 42.5 Å². The van der Waals surface area contributed by atoms with Crippen molar-refractivity contribution < 1.29 is 39.4 Å². The third-order valence-corrected chi connectivity index (χ3v) is 4.97. The number of methoxy groups -OCH3 is 1. The highest BCUT2D eigenvalue weighted by molar-refractivity contribution is 6.32. The molecular weight excluding hydrogens is 404 g/mol. The molecule has 4 N–H and O–H groups in total. The van der Waals surface area contributed by atoms with Gasteiger partial charge in [-0.25, -0.2) is 4.79 Å². The Morgan fingerprint density at radius 3 is 2.31 bits per heavy atom. The molecule has 5 atom stereocenters. The molecule has 1 aliphatic rings. The minimum atomic E-state index is -1.56. The van der Waals surface area contributed by atoms with Gasteiger partial charge in [0.05, 0.1) is 24.3 Å². The van der Waals surface area contributed by atoms with Gasteiger partial charge in [-0.3, -0.25) is 0 Å². The lowest BCUT2D eigenvalue weighted by Gasteiger charge is -2.39. The molecule has 8 nitrogen and oxygen atoms in total. The smallest absolute Gasteiger partial charge is 0.337 e. The normalized spacial score (nSPS) is 26.8. The number of carbonyl (C=O) groups is 1. The zero-order valence-electron chi connectivity index (χ0n) is 15.4. The Morgan fingerprint density at radius 2 is 1.69 bits per heavy atom. The summed E-state index contributed by atoms with van der Waals surface area (Å²) in [6.45, 7) is -0.564. The monoisotopic (exact) mass is 424 g/mol. The Hall–Kier alpha value is -2.20. The van der Waals surface area contributed by atoms with E-state index in [0.29, 0.717) is 11.1 Å². The van der Waals surface area contributed by atoms with Crippen LogP contribution in [0.3, 0.4) is 0 Å². The van der Waals surface area contributed by atoms with E-state index in [4.69, 9.17) is 21.1 Å². The van der Waals surface area contributed by atoms with Crippen molar-refractivity contribution in [3.05, 3.63) is 53.1 Å². The SMILES string of the molecule is COC(=O)c1ccc(-c2ccc(Cl)c(O[C@@H]3O[C@H](CO)[C@@H](O)[C@H](O)[C@@H]3O)c2)cc1. The van der Waals surface area contributed by atoms with Crippen molar-refractivity contribution in [3.63, 3.8) is 0 Å².